The number of aromatic nitrogens is 4. The van der Waals surface area contributed by atoms with Crippen molar-refractivity contribution in [2.45, 2.75) is 18.5 Å². The van der Waals surface area contributed by atoms with E-state index in [1.165, 1.54) is 0 Å². The number of hydrogen-bond acceptors (Lipinski definition) is 6. The first-order valence-corrected chi connectivity index (χ1v) is 5.10. The van der Waals surface area contributed by atoms with Crippen LogP contribution in [0.5, 0.6) is 0 Å². The van der Waals surface area contributed by atoms with Crippen LogP contribution in [0.4, 0.5) is 5.95 Å². The van der Waals surface area contributed by atoms with Crippen molar-refractivity contribution in [2.75, 3.05) is 12.3 Å². The summed E-state index contributed by atoms with van der Waals surface area (Å²) in [7, 11) is 0. The molecule has 20 heavy (non-hydrogen) atoms. The molecule has 1 saturated carbocycles. The van der Waals surface area contributed by atoms with E-state index in [0.29, 0.717) is 0 Å². The lowest BCUT2D eigenvalue weighted by Gasteiger charge is -2.15. The maximum absolute atomic E-state index is 12.5. The largest absolute Gasteiger partial charge is 0.396 e. The van der Waals surface area contributed by atoms with Gasteiger partial charge in [-0.2, -0.15) is 4.98 Å². The third-order valence-electron chi connectivity index (χ3n) is 2.57. The van der Waals surface area contributed by atoms with Crippen LogP contribution in [0.15, 0.2) is 23.2 Å². The van der Waals surface area contributed by atoms with Crippen LogP contribution in [0.3, 0.4) is 0 Å². The highest BCUT2D eigenvalue weighted by molar-refractivity contribution is 5.70. The predicted molar refractivity (Wildman–Crippen MR) is 71.9 cm³/mol. The molecule has 0 aliphatic heterocycles. The number of aromatic amines is 1. The number of imidazole rings is 1. The highest BCUT2D eigenvalue weighted by Gasteiger charge is 2.37. The molecule has 3 rings (SSSR count). The van der Waals surface area contributed by atoms with Gasteiger partial charge in [-0.15, -0.1) is 0 Å². The van der Waals surface area contributed by atoms with Gasteiger partial charge < -0.3 is 20.5 Å². The molecule has 0 amide bonds. The summed E-state index contributed by atoms with van der Waals surface area (Å²) in [5.41, 5.74) is -5.09. The number of fused-ring (bicyclic) bond motifs is 1. The van der Waals surface area contributed by atoms with Crippen LogP contribution in [-0.2, 0) is 0 Å². The van der Waals surface area contributed by atoms with Gasteiger partial charge in [-0.1, -0.05) is 6.53 Å². The number of nitrogens with two attached hydrogens (primary N) is 1. The van der Waals surface area contributed by atoms with Crippen molar-refractivity contribution in [2.24, 2.45) is 5.89 Å². The number of nitrogens with zero attached hydrogens (tertiary/aromatic N) is 3. The van der Waals surface area contributed by atoms with Crippen molar-refractivity contribution in [1.82, 2.24) is 19.5 Å². The van der Waals surface area contributed by atoms with Gasteiger partial charge in [-0.05, 0) is 11.9 Å². The molecule has 5 N–H and O–H groups in total. The first-order chi connectivity index (χ1) is 15.8. The SMILES string of the molecule is [2H]OC([2H])([2H])[C@@]1([2H])C(=C([2H])[2H])[C@@]([2H])(n2c([2H])nc3c(=O)n([2H])c(N([2H])[2H])nc32)C([2H])([2H])[C@]1([2H])O[2H]. The van der Waals surface area contributed by atoms with Crippen LogP contribution in [0.25, 0.3) is 11.2 Å². The van der Waals surface area contributed by atoms with Crippen LogP contribution in [0, 0.1) is 5.89 Å². The van der Waals surface area contributed by atoms with Gasteiger partial charge >= 0.3 is 0 Å². The summed E-state index contributed by atoms with van der Waals surface area (Å²) in [5, 5.41) is 7.95. The van der Waals surface area contributed by atoms with Crippen molar-refractivity contribution < 1.29 is 28.2 Å². The molecule has 2 aromatic rings. The van der Waals surface area contributed by atoms with Gasteiger partial charge in [0.15, 0.2) is 15.4 Å². The highest BCUT2D eigenvalue weighted by Crippen LogP contribution is 2.39. The van der Waals surface area contributed by atoms with Crippen molar-refractivity contribution in [3.63, 3.8) is 0 Å². The molecule has 8 heteroatoms. The molecule has 1 aliphatic carbocycles. The van der Waals surface area contributed by atoms with Crippen molar-refractivity contribution in [1.29, 1.82) is 2.86 Å². The maximum Gasteiger partial charge on any atom is 0.280 e. The van der Waals surface area contributed by atoms with E-state index >= 15 is 0 Å². The Bertz CT molecular complexity index is 1290. The minimum atomic E-state index is -3.85. The number of anilines is 1. The van der Waals surface area contributed by atoms with Crippen LogP contribution in [0.1, 0.15) is 26.1 Å². The van der Waals surface area contributed by atoms with E-state index in [4.69, 9.17) is 20.8 Å². The normalized spacial score (nSPS) is 51.0. The molecule has 1 fully saturated rings. The van der Waals surface area contributed by atoms with Crippen LogP contribution < -0.4 is 11.3 Å². The molecule has 1 aliphatic rings. The average Bonchev–Trinajstić information content (AvgIpc) is 3.14. The lowest BCUT2D eigenvalue weighted by molar-refractivity contribution is 0.101. The fourth-order valence-electron chi connectivity index (χ4n) is 1.70. The van der Waals surface area contributed by atoms with Gasteiger partial charge in [0.2, 0.25) is 8.81 Å². The van der Waals surface area contributed by atoms with E-state index in [1.807, 2.05) is 0 Å². The zero-order valence-corrected chi connectivity index (χ0v) is 9.46. The second kappa shape index (κ2) is 4.43. The summed E-state index contributed by atoms with van der Waals surface area (Å²) >= 11 is 0. The third kappa shape index (κ3) is 1.73. The second-order valence-corrected chi connectivity index (χ2v) is 3.70. The monoisotopic (exact) mass is 292 g/mol. The zero-order valence-electron chi connectivity index (χ0n) is 24.5. The first-order valence-electron chi connectivity index (χ1n) is 12.3. The molecule has 0 unspecified atom stereocenters. The molecule has 8 nitrogen and oxygen atoms in total. The maximum atomic E-state index is 12.5. The summed E-state index contributed by atoms with van der Waals surface area (Å²) in [4.78, 5) is 19.6. The Kier molecular flexibility index (Phi) is 0.919. The first kappa shape index (κ1) is 4.15. The topological polar surface area (TPSA) is 130 Å². The number of nitrogen functional groups attached to an aromatic ring is 1. The van der Waals surface area contributed by atoms with E-state index in [-0.39, 0.29) is 15.3 Å². The molecule has 0 aromatic carbocycles. The molecule has 0 radical (unpaired) electrons. The molecule has 0 saturated heterocycles. The van der Waals surface area contributed by atoms with E-state index in [0.717, 1.165) is 0 Å². The van der Waals surface area contributed by atoms with Gasteiger partial charge in [-0.3, -0.25) is 9.77 Å². The van der Waals surface area contributed by atoms with Gasteiger partial charge in [0.05, 0.1) is 33.2 Å². The summed E-state index contributed by atoms with van der Waals surface area (Å²) in [6.45, 7) is -5.44. The number of aliphatic hydroxyl groups is 2. The Hall–Kier alpha value is -2.19. The molecule has 3 atom stereocenters. The summed E-state index contributed by atoms with van der Waals surface area (Å²) < 4.78 is 119. The Labute approximate surface area is 135 Å². The molecule has 2 heterocycles. The minimum absolute atomic E-state index is 0.0702. The molecule has 0 spiro atoms. The van der Waals surface area contributed by atoms with Gasteiger partial charge in [0.1, 0.15) is 1.37 Å². The Morgan fingerprint density at radius 1 is 2.05 bits per heavy atom. The predicted octanol–water partition coefficient (Wildman–Crippen LogP) is -0.828. The van der Waals surface area contributed by atoms with Crippen LogP contribution in [-0.4, -0.2) is 45.2 Å². The van der Waals surface area contributed by atoms with E-state index in [2.05, 4.69) is 20.2 Å². The fourth-order valence-corrected chi connectivity index (χ4v) is 1.70. The summed E-state index contributed by atoms with van der Waals surface area (Å²) in [6.07, 6.45) is -8.88. The molecule has 2 aromatic heterocycles. The van der Waals surface area contributed by atoms with Gasteiger partial charge in [0.25, 0.3) is 5.56 Å². The summed E-state index contributed by atoms with van der Waals surface area (Å²) in [5.74, 6) is -4.83. The smallest absolute Gasteiger partial charge is 0.280 e. The van der Waals surface area contributed by atoms with Crippen molar-refractivity contribution in [3.8, 4) is 0 Å². The minimum Gasteiger partial charge on any atom is -0.396 e. The standard InChI is InChI=1S/C12H15N5O3/c1-5-6(3-18)8(19)2-7(5)17-4-14-9-10(17)15-12(13)16-11(9)20/h4,6-8,18-19H,1-3H2,(H3,13,15,16,20)/t6-,7-,8-/m0/s1/i1D2,2D2,3D2,4D,6D,7D,8D,18D,19D/hD3. The molecule has 106 valence electrons. The van der Waals surface area contributed by atoms with Gasteiger partial charge in [0, 0.05) is 10.0 Å². The molecular weight excluding hydrogens is 262 g/mol. The van der Waals surface area contributed by atoms with E-state index in [9.17, 15) is 4.79 Å². The van der Waals surface area contributed by atoms with Gasteiger partial charge in [-0.25, -0.2) is 4.98 Å². The van der Waals surface area contributed by atoms with E-state index < -0.39 is 72.0 Å². The number of H-pyrrole nitrogens is 1. The number of nitrogens with one attached hydrogen (secondary N) is 1. The number of rotatable bonds is 5. The van der Waals surface area contributed by atoms with E-state index in [1.54, 1.807) is 0 Å². The fraction of sp³-hybridized carbons (Fsp3) is 0.417. The Morgan fingerprint density at radius 3 is 3.75 bits per heavy atom. The molecular formula is C12H15N5O3. The third-order valence-corrected chi connectivity index (χ3v) is 2.57. The zero-order chi connectivity index (χ0) is 27.1. The Balaban J connectivity index is 2.64. The summed E-state index contributed by atoms with van der Waals surface area (Å²) in [6, 6.07) is -3.62. The lowest BCUT2D eigenvalue weighted by Crippen LogP contribution is -2.17. The van der Waals surface area contributed by atoms with Crippen LogP contribution in [0.2, 0.25) is 4.24 Å². The second-order valence-electron chi connectivity index (χ2n) is 3.70. The van der Waals surface area contributed by atoms with Crippen molar-refractivity contribution >= 4 is 17.1 Å². The van der Waals surface area contributed by atoms with Crippen LogP contribution >= 0.6 is 0 Å². The highest BCUT2D eigenvalue weighted by atomic mass is 16.3. The quantitative estimate of drug-likeness (QED) is 0.532. The average molecular weight is 292 g/mol. The molecule has 0 bridgehead atoms. The Morgan fingerprint density at radius 2 is 3.00 bits per heavy atom. The van der Waals surface area contributed by atoms with Crippen molar-refractivity contribution in [3.05, 3.63) is 28.8 Å². The lowest BCUT2D eigenvalue weighted by atomic mass is 10.0. The number of hydrogen-bond donors (Lipinski definition) is 4.